The summed E-state index contributed by atoms with van der Waals surface area (Å²) in [5, 5.41) is 13.5. The van der Waals surface area contributed by atoms with Gasteiger partial charge in [0.25, 0.3) is 11.8 Å². The molecule has 0 saturated heterocycles. The predicted molar refractivity (Wildman–Crippen MR) is 134 cm³/mol. The van der Waals surface area contributed by atoms with Crippen LogP contribution in [0.25, 0.3) is 0 Å². The molecular weight excluding hydrogens is 472 g/mol. The Labute approximate surface area is 207 Å². The first-order valence-corrected chi connectivity index (χ1v) is 12.1. The normalized spacial score (nSPS) is 13.4. The van der Waals surface area contributed by atoms with E-state index in [4.69, 9.17) is 11.6 Å². The highest BCUT2D eigenvalue weighted by Gasteiger charge is 2.30. The molecule has 1 aliphatic heterocycles. The number of carbonyl (C=O) groups excluding carboxylic acids is 2. The molecule has 176 valence electrons. The van der Waals surface area contributed by atoms with Crippen LogP contribution < -0.4 is 5.32 Å². The maximum Gasteiger partial charge on any atom is 0.339 e. The smallest absolute Gasteiger partial charge is 0.339 e. The van der Waals surface area contributed by atoms with E-state index in [-0.39, 0.29) is 29.3 Å². The Morgan fingerprint density at radius 1 is 1.00 bits per heavy atom. The van der Waals surface area contributed by atoms with Crippen molar-refractivity contribution in [1.29, 1.82) is 0 Å². The molecule has 2 aromatic carbocycles. The van der Waals surface area contributed by atoms with Gasteiger partial charge >= 0.3 is 5.97 Å². The van der Waals surface area contributed by atoms with Crippen molar-refractivity contribution in [3.63, 3.8) is 0 Å². The maximum atomic E-state index is 12.9. The summed E-state index contributed by atoms with van der Waals surface area (Å²) >= 11 is 7.13. The molecule has 34 heavy (non-hydrogen) atoms. The Morgan fingerprint density at radius 2 is 1.62 bits per heavy atom. The fourth-order valence-electron chi connectivity index (χ4n) is 3.96. The Kier molecular flexibility index (Phi) is 6.51. The number of carbonyl (C=O) groups is 3. The third-order valence-corrected chi connectivity index (χ3v) is 7.27. The van der Waals surface area contributed by atoms with Crippen molar-refractivity contribution >= 4 is 45.7 Å². The molecule has 2 heterocycles. The number of rotatable bonds is 4. The number of fused-ring (bicyclic) bond motifs is 1. The van der Waals surface area contributed by atoms with E-state index in [9.17, 15) is 19.5 Å². The monoisotopic (exact) mass is 496 g/mol. The van der Waals surface area contributed by atoms with Crippen LogP contribution in [0, 0.1) is 0 Å². The van der Waals surface area contributed by atoms with Gasteiger partial charge in [0.2, 0.25) is 0 Å². The topological polar surface area (TPSA) is 86.7 Å². The number of nitrogens with zero attached hydrogens (tertiary/aromatic N) is 1. The van der Waals surface area contributed by atoms with E-state index in [1.165, 1.54) is 11.3 Å². The number of nitrogens with one attached hydrogen (secondary N) is 1. The van der Waals surface area contributed by atoms with Gasteiger partial charge in [-0.25, -0.2) is 4.79 Å². The number of amides is 2. The van der Waals surface area contributed by atoms with E-state index in [0.29, 0.717) is 39.7 Å². The molecular formula is C26H25ClN2O4S. The van der Waals surface area contributed by atoms with Gasteiger partial charge < -0.3 is 15.3 Å². The summed E-state index contributed by atoms with van der Waals surface area (Å²) in [6.07, 6.45) is 0.406. The standard InChI is InChI=1S/C26H25ClN2O4S/c1-26(2,3)17-8-4-15(5-9-17)22(30)28-23-21(25(32)33)19-12-13-29(14-20(19)34-23)24(31)16-6-10-18(27)11-7-16/h4-11H,12-14H2,1-3H3,(H,28,30)(H,32,33). The minimum Gasteiger partial charge on any atom is -0.478 e. The van der Waals surface area contributed by atoms with Gasteiger partial charge in [-0.15, -0.1) is 11.3 Å². The number of carboxylic acids is 1. The molecule has 0 saturated carbocycles. The van der Waals surface area contributed by atoms with Gasteiger partial charge in [0.1, 0.15) is 5.00 Å². The molecule has 0 unspecified atom stereocenters. The van der Waals surface area contributed by atoms with Gasteiger partial charge in [-0.05, 0) is 59.4 Å². The second-order valence-corrected chi connectivity index (χ2v) is 10.8. The molecule has 0 radical (unpaired) electrons. The molecule has 8 heteroatoms. The Bertz CT molecular complexity index is 1260. The van der Waals surface area contributed by atoms with Crippen molar-refractivity contribution < 1.29 is 19.5 Å². The summed E-state index contributed by atoms with van der Waals surface area (Å²) in [6, 6.07) is 14.0. The van der Waals surface area contributed by atoms with Crippen molar-refractivity contribution in [2.24, 2.45) is 0 Å². The summed E-state index contributed by atoms with van der Waals surface area (Å²) in [5.74, 6) is -1.60. The third-order valence-electron chi connectivity index (χ3n) is 5.89. The van der Waals surface area contributed by atoms with Crippen LogP contribution in [-0.2, 0) is 18.4 Å². The molecule has 0 aliphatic carbocycles. The third kappa shape index (κ3) is 4.86. The Morgan fingerprint density at radius 3 is 2.21 bits per heavy atom. The van der Waals surface area contributed by atoms with Crippen LogP contribution in [0.2, 0.25) is 5.02 Å². The molecule has 0 spiro atoms. The summed E-state index contributed by atoms with van der Waals surface area (Å²) in [6.45, 7) is 6.97. The quantitative estimate of drug-likeness (QED) is 0.474. The molecule has 1 aliphatic rings. The zero-order valence-electron chi connectivity index (χ0n) is 19.1. The number of halogens is 1. The van der Waals surface area contributed by atoms with Crippen LogP contribution >= 0.6 is 22.9 Å². The number of benzene rings is 2. The van der Waals surface area contributed by atoms with Crippen LogP contribution in [0.1, 0.15) is 67.8 Å². The van der Waals surface area contributed by atoms with E-state index in [0.717, 1.165) is 10.4 Å². The van der Waals surface area contributed by atoms with E-state index in [2.05, 4.69) is 26.1 Å². The van der Waals surface area contributed by atoms with E-state index in [1.807, 2.05) is 12.1 Å². The van der Waals surface area contributed by atoms with Gasteiger partial charge in [0.05, 0.1) is 12.1 Å². The fourth-order valence-corrected chi connectivity index (χ4v) is 5.34. The zero-order valence-corrected chi connectivity index (χ0v) is 20.7. The summed E-state index contributed by atoms with van der Waals surface area (Å²) in [4.78, 5) is 40.3. The predicted octanol–water partition coefficient (Wildman–Crippen LogP) is 5.85. The van der Waals surface area contributed by atoms with Crippen molar-refractivity contribution in [1.82, 2.24) is 4.90 Å². The largest absolute Gasteiger partial charge is 0.478 e. The highest BCUT2D eigenvalue weighted by atomic mass is 35.5. The molecule has 0 bridgehead atoms. The van der Waals surface area contributed by atoms with Crippen LogP contribution in [0.3, 0.4) is 0 Å². The number of hydrogen-bond donors (Lipinski definition) is 2. The van der Waals surface area contributed by atoms with Crippen LogP contribution in [-0.4, -0.2) is 34.3 Å². The minimum absolute atomic E-state index is 0.0341. The lowest BCUT2D eigenvalue weighted by atomic mass is 9.87. The molecule has 3 aromatic rings. The minimum atomic E-state index is -1.09. The lowest BCUT2D eigenvalue weighted by Crippen LogP contribution is -2.35. The van der Waals surface area contributed by atoms with Crippen molar-refractivity contribution in [3.05, 3.63) is 86.2 Å². The molecule has 1 aromatic heterocycles. The van der Waals surface area contributed by atoms with Gasteiger partial charge in [-0.3, -0.25) is 9.59 Å². The second kappa shape index (κ2) is 9.24. The second-order valence-electron chi connectivity index (χ2n) is 9.28. The zero-order chi connectivity index (χ0) is 24.6. The first-order valence-electron chi connectivity index (χ1n) is 10.9. The number of anilines is 1. The van der Waals surface area contributed by atoms with E-state index >= 15 is 0 Å². The lowest BCUT2D eigenvalue weighted by Gasteiger charge is -2.27. The summed E-state index contributed by atoms with van der Waals surface area (Å²) in [5.41, 5.74) is 2.83. The number of carboxylic acid groups (broad SMARTS) is 1. The highest BCUT2D eigenvalue weighted by molar-refractivity contribution is 7.17. The van der Waals surface area contributed by atoms with Crippen LogP contribution in [0.15, 0.2) is 48.5 Å². The molecule has 6 nitrogen and oxygen atoms in total. The van der Waals surface area contributed by atoms with Crippen molar-refractivity contribution in [2.75, 3.05) is 11.9 Å². The van der Waals surface area contributed by atoms with Crippen molar-refractivity contribution in [3.8, 4) is 0 Å². The fraction of sp³-hybridized carbons (Fsp3) is 0.269. The van der Waals surface area contributed by atoms with Gasteiger partial charge in [-0.2, -0.15) is 0 Å². The number of hydrogen-bond acceptors (Lipinski definition) is 4. The van der Waals surface area contributed by atoms with Crippen LogP contribution in [0.5, 0.6) is 0 Å². The van der Waals surface area contributed by atoms with E-state index < -0.39 is 5.97 Å². The molecule has 0 atom stereocenters. The van der Waals surface area contributed by atoms with E-state index in [1.54, 1.807) is 41.3 Å². The van der Waals surface area contributed by atoms with Crippen LogP contribution in [0.4, 0.5) is 5.00 Å². The average Bonchev–Trinajstić information content (AvgIpc) is 3.15. The van der Waals surface area contributed by atoms with Gasteiger partial charge in [0, 0.05) is 27.6 Å². The highest BCUT2D eigenvalue weighted by Crippen LogP contribution is 2.38. The molecule has 2 amide bonds. The number of thiophene rings is 1. The lowest BCUT2D eigenvalue weighted by molar-refractivity contribution is 0.0696. The summed E-state index contributed by atoms with van der Waals surface area (Å²) < 4.78 is 0. The summed E-state index contributed by atoms with van der Waals surface area (Å²) in [7, 11) is 0. The molecule has 4 rings (SSSR count). The molecule has 2 N–H and O–H groups in total. The average molecular weight is 497 g/mol. The Hall–Kier alpha value is -3.16. The van der Waals surface area contributed by atoms with Gasteiger partial charge in [-0.1, -0.05) is 44.5 Å². The first-order chi connectivity index (χ1) is 16.0. The van der Waals surface area contributed by atoms with Gasteiger partial charge in [0.15, 0.2) is 0 Å². The van der Waals surface area contributed by atoms with Crippen molar-refractivity contribution in [2.45, 2.75) is 39.2 Å². The number of aromatic carboxylic acids is 1. The molecule has 0 fully saturated rings. The Balaban J connectivity index is 1.56. The SMILES string of the molecule is CC(C)(C)c1ccc(C(=O)Nc2sc3c(c2C(=O)O)CCN(C(=O)c2ccc(Cl)cc2)C3)cc1. The first kappa shape index (κ1) is 24.0. The maximum absolute atomic E-state index is 12.9.